The summed E-state index contributed by atoms with van der Waals surface area (Å²) in [5, 5.41) is 3.17. The Labute approximate surface area is 109 Å². The number of anilines is 2. The molecule has 0 aromatic carbocycles. The second-order valence-electron chi connectivity index (χ2n) is 4.48. The Balaban J connectivity index is 2.29. The van der Waals surface area contributed by atoms with Gasteiger partial charge in [-0.3, -0.25) is 0 Å². The van der Waals surface area contributed by atoms with Gasteiger partial charge >= 0.3 is 0 Å². The minimum Gasteiger partial charge on any atom is -0.380 e. The summed E-state index contributed by atoms with van der Waals surface area (Å²) in [6.45, 7) is 5.74. The van der Waals surface area contributed by atoms with E-state index in [0.29, 0.717) is 0 Å². The van der Waals surface area contributed by atoms with Crippen LogP contribution in [0, 0.1) is 0 Å². The minimum absolute atomic E-state index is 0.782. The summed E-state index contributed by atoms with van der Waals surface area (Å²) in [7, 11) is 1.91. The van der Waals surface area contributed by atoms with Crippen molar-refractivity contribution in [2.24, 2.45) is 0 Å². The summed E-state index contributed by atoms with van der Waals surface area (Å²) in [6, 6.07) is 0. The van der Waals surface area contributed by atoms with Crippen molar-refractivity contribution < 1.29 is 4.74 Å². The second-order valence-corrected chi connectivity index (χ2v) is 4.48. The summed E-state index contributed by atoms with van der Waals surface area (Å²) < 4.78 is 5.50. The highest BCUT2D eigenvalue weighted by Gasteiger charge is 2.17. The van der Waals surface area contributed by atoms with Gasteiger partial charge in [0.2, 0.25) is 0 Å². The van der Waals surface area contributed by atoms with Crippen molar-refractivity contribution in [2.45, 2.75) is 26.2 Å². The van der Waals surface area contributed by atoms with Gasteiger partial charge in [-0.05, 0) is 12.8 Å². The average Bonchev–Trinajstić information content (AvgIpc) is 2.68. The molecule has 1 saturated heterocycles. The molecule has 0 radical (unpaired) electrons. The number of aromatic nitrogens is 2. The molecule has 0 spiro atoms. The fourth-order valence-electron chi connectivity index (χ4n) is 2.33. The molecule has 1 aliphatic rings. The van der Waals surface area contributed by atoms with Crippen LogP contribution in [0.3, 0.4) is 0 Å². The molecule has 100 valence electrons. The lowest BCUT2D eigenvalue weighted by molar-refractivity contribution is 0.152. The maximum Gasteiger partial charge on any atom is 0.137 e. The molecular formula is C13H22N4O. The first-order chi connectivity index (χ1) is 8.86. The Hall–Kier alpha value is -1.36. The molecule has 1 aromatic rings. The lowest BCUT2D eigenvalue weighted by atomic mass is 10.1. The quantitative estimate of drug-likeness (QED) is 0.881. The van der Waals surface area contributed by atoms with E-state index in [9.17, 15) is 0 Å². The third-order valence-electron chi connectivity index (χ3n) is 3.18. The molecule has 1 N–H and O–H groups in total. The molecule has 0 aliphatic carbocycles. The fraction of sp³-hybridized carbons (Fsp3) is 0.692. The summed E-state index contributed by atoms with van der Waals surface area (Å²) in [4.78, 5) is 11.1. The van der Waals surface area contributed by atoms with Crippen LogP contribution in [0.5, 0.6) is 0 Å². The van der Waals surface area contributed by atoms with Gasteiger partial charge in [0, 0.05) is 32.3 Å². The van der Waals surface area contributed by atoms with Crippen molar-refractivity contribution >= 4 is 11.6 Å². The van der Waals surface area contributed by atoms with Gasteiger partial charge in [-0.2, -0.15) is 0 Å². The number of ether oxygens (including phenoxy) is 1. The van der Waals surface area contributed by atoms with Gasteiger partial charge < -0.3 is 15.0 Å². The second kappa shape index (κ2) is 6.54. The van der Waals surface area contributed by atoms with E-state index in [1.165, 1.54) is 5.56 Å². The fourth-order valence-corrected chi connectivity index (χ4v) is 2.33. The largest absolute Gasteiger partial charge is 0.380 e. The highest BCUT2D eigenvalue weighted by Crippen LogP contribution is 2.25. The zero-order valence-electron chi connectivity index (χ0n) is 11.3. The SMILES string of the molecule is CCCc1c(NC)ncnc1N1CCCOCC1. The van der Waals surface area contributed by atoms with Crippen molar-refractivity contribution in [3.8, 4) is 0 Å². The average molecular weight is 250 g/mol. The summed E-state index contributed by atoms with van der Waals surface area (Å²) in [5.74, 6) is 2.02. The smallest absolute Gasteiger partial charge is 0.137 e. The van der Waals surface area contributed by atoms with Gasteiger partial charge in [0.25, 0.3) is 0 Å². The molecule has 0 bridgehead atoms. The lowest BCUT2D eigenvalue weighted by Crippen LogP contribution is -2.28. The third-order valence-corrected chi connectivity index (χ3v) is 3.18. The molecule has 1 fully saturated rings. The topological polar surface area (TPSA) is 50.3 Å². The number of nitrogens with one attached hydrogen (secondary N) is 1. The molecule has 0 unspecified atom stereocenters. The predicted molar refractivity (Wildman–Crippen MR) is 73.2 cm³/mol. The molecule has 5 nitrogen and oxygen atoms in total. The first-order valence-corrected chi connectivity index (χ1v) is 6.71. The van der Waals surface area contributed by atoms with Crippen LogP contribution in [0.15, 0.2) is 6.33 Å². The Kier molecular flexibility index (Phi) is 4.75. The minimum atomic E-state index is 0.782. The molecule has 0 atom stereocenters. The van der Waals surface area contributed by atoms with E-state index < -0.39 is 0 Å². The van der Waals surface area contributed by atoms with E-state index in [-0.39, 0.29) is 0 Å². The summed E-state index contributed by atoms with van der Waals surface area (Å²) in [5.41, 5.74) is 1.23. The predicted octanol–water partition coefficient (Wildman–Crippen LogP) is 1.70. The molecular weight excluding hydrogens is 228 g/mol. The lowest BCUT2D eigenvalue weighted by Gasteiger charge is -2.24. The van der Waals surface area contributed by atoms with Crippen molar-refractivity contribution in [3.05, 3.63) is 11.9 Å². The number of nitrogens with zero attached hydrogens (tertiary/aromatic N) is 3. The zero-order valence-corrected chi connectivity index (χ0v) is 11.3. The van der Waals surface area contributed by atoms with E-state index in [0.717, 1.165) is 57.2 Å². The monoisotopic (exact) mass is 250 g/mol. The van der Waals surface area contributed by atoms with Gasteiger partial charge in [-0.15, -0.1) is 0 Å². The highest BCUT2D eigenvalue weighted by atomic mass is 16.5. The van der Waals surface area contributed by atoms with Crippen LogP contribution in [0.2, 0.25) is 0 Å². The number of hydrogen-bond acceptors (Lipinski definition) is 5. The summed E-state index contributed by atoms with van der Waals surface area (Å²) in [6.07, 6.45) is 4.81. The van der Waals surface area contributed by atoms with Crippen molar-refractivity contribution in [3.63, 3.8) is 0 Å². The third kappa shape index (κ3) is 2.90. The van der Waals surface area contributed by atoms with Crippen LogP contribution in [-0.4, -0.2) is 43.3 Å². The Morgan fingerprint density at radius 3 is 3.00 bits per heavy atom. The molecule has 2 rings (SSSR count). The first kappa shape index (κ1) is 13.1. The van der Waals surface area contributed by atoms with Gasteiger partial charge in [-0.25, -0.2) is 9.97 Å². The van der Waals surface area contributed by atoms with Gasteiger partial charge in [0.1, 0.15) is 18.0 Å². The first-order valence-electron chi connectivity index (χ1n) is 6.71. The van der Waals surface area contributed by atoms with Crippen molar-refractivity contribution in [1.82, 2.24) is 9.97 Å². The van der Waals surface area contributed by atoms with Gasteiger partial charge in [0.15, 0.2) is 0 Å². The number of rotatable bonds is 4. The summed E-state index contributed by atoms with van der Waals surface area (Å²) >= 11 is 0. The van der Waals surface area contributed by atoms with E-state index in [1.54, 1.807) is 6.33 Å². The van der Waals surface area contributed by atoms with Crippen LogP contribution in [0.4, 0.5) is 11.6 Å². The van der Waals surface area contributed by atoms with Gasteiger partial charge in [-0.1, -0.05) is 13.3 Å². The van der Waals surface area contributed by atoms with Crippen LogP contribution in [-0.2, 0) is 11.2 Å². The molecule has 18 heavy (non-hydrogen) atoms. The van der Waals surface area contributed by atoms with E-state index in [4.69, 9.17) is 4.74 Å². The maximum absolute atomic E-state index is 5.50. The Morgan fingerprint density at radius 2 is 2.22 bits per heavy atom. The molecule has 1 aromatic heterocycles. The Morgan fingerprint density at radius 1 is 1.33 bits per heavy atom. The molecule has 0 saturated carbocycles. The van der Waals surface area contributed by atoms with Gasteiger partial charge in [0.05, 0.1) is 6.61 Å². The molecule has 2 heterocycles. The standard InChI is InChI=1S/C13H22N4O/c1-3-5-11-12(14-2)15-10-16-13(11)17-6-4-8-18-9-7-17/h10H,3-9H2,1-2H3,(H,14,15,16). The normalized spacial score (nSPS) is 16.4. The molecule has 1 aliphatic heterocycles. The van der Waals surface area contributed by atoms with E-state index in [1.807, 2.05) is 7.05 Å². The maximum atomic E-state index is 5.50. The van der Waals surface area contributed by atoms with Crippen LogP contribution < -0.4 is 10.2 Å². The van der Waals surface area contributed by atoms with Crippen LogP contribution in [0.25, 0.3) is 0 Å². The van der Waals surface area contributed by atoms with Crippen LogP contribution in [0.1, 0.15) is 25.3 Å². The van der Waals surface area contributed by atoms with Crippen molar-refractivity contribution in [1.29, 1.82) is 0 Å². The van der Waals surface area contributed by atoms with Crippen molar-refractivity contribution in [2.75, 3.05) is 43.6 Å². The molecule has 0 amide bonds. The van der Waals surface area contributed by atoms with Crippen LogP contribution >= 0.6 is 0 Å². The van der Waals surface area contributed by atoms with E-state index in [2.05, 4.69) is 27.1 Å². The van der Waals surface area contributed by atoms with E-state index >= 15 is 0 Å². The highest BCUT2D eigenvalue weighted by molar-refractivity contribution is 5.58. The number of hydrogen-bond donors (Lipinski definition) is 1. The zero-order chi connectivity index (χ0) is 12.8. The molecule has 5 heteroatoms. The Bertz CT molecular complexity index is 375.